The molecule has 1 aromatic rings. The molecule has 0 atom stereocenters. The highest BCUT2D eigenvalue weighted by molar-refractivity contribution is 5.45. The van der Waals surface area contributed by atoms with Gasteiger partial charge < -0.3 is 14.8 Å². The predicted octanol–water partition coefficient (Wildman–Crippen LogP) is 2.23. The lowest BCUT2D eigenvalue weighted by atomic mass is 9.80. The molecule has 1 fully saturated rings. The van der Waals surface area contributed by atoms with E-state index in [0.29, 0.717) is 11.3 Å². The lowest BCUT2D eigenvalue weighted by molar-refractivity contribution is -0.0695. The first kappa shape index (κ1) is 13.9. The average Bonchev–Trinajstić information content (AvgIpc) is 2.41. The molecule has 1 N–H and O–H groups in total. The lowest BCUT2D eigenvalue weighted by Gasteiger charge is -2.40. The van der Waals surface area contributed by atoms with Gasteiger partial charge in [-0.25, -0.2) is 0 Å². The Morgan fingerprint density at radius 2 is 2.16 bits per heavy atom. The molecule has 0 saturated heterocycles. The quantitative estimate of drug-likeness (QED) is 0.852. The fourth-order valence-corrected chi connectivity index (χ4v) is 2.40. The van der Waals surface area contributed by atoms with E-state index < -0.39 is 0 Å². The molecular formula is C15H20N2O2. The Hall–Kier alpha value is -1.57. The Labute approximate surface area is 114 Å². The van der Waals surface area contributed by atoms with E-state index in [9.17, 15) is 0 Å². The van der Waals surface area contributed by atoms with Crippen LogP contribution in [0.15, 0.2) is 18.2 Å². The van der Waals surface area contributed by atoms with Crippen molar-refractivity contribution < 1.29 is 9.47 Å². The molecular weight excluding hydrogens is 240 g/mol. The molecule has 1 aliphatic carbocycles. The molecule has 4 nitrogen and oxygen atoms in total. The van der Waals surface area contributed by atoms with Crippen molar-refractivity contribution in [3.63, 3.8) is 0 Å². The number of hydrogen-bond donors (Lipinski definition) is 1. The first-order chi connectivity index (χ1) is 9.23. The van der Waals surface area contributed by atoms with Gasteiger partial charge in [0.15, 0.2) is 0 Å². The van der Waals surface area contributed by atoms with Gasteiger partial charge in [-0.3, -0.25) is 0 Å². The topological polar surface area (TPSA) is 54.3 Å². The van der Waals surface area contributed by atoms with Crippen LogP contribution in [0.2, 0.25) is 0 Å². The molecule has 0 aromatic heterocycles. The number of hydrogen-bond acceptors (Lipinski definition) is 4. The van der Waals surface area contributed by atoms with Crippen molar-refractivity contribution in [2.24, 2.45) is 0 Å². The molecule has 0 bridgehead atoms. The number of rotatable bonds is 6. The van der Waals surface area contributed by atoms with Crippen molar-refractivity contribution >= 4 is 0 Å². The van der Waals surface area contributed by atoms with Gasteiger partial charge in [0.05, 0.1) is 18.3 Å². The summed E-state index contributed by atoms with van der Waals surface area (Å²) in [5.74, 6) is 0.631. The van der Waals surface area contributed by atoms with Gasteiger partial charge in [0.1, 0.15) is 11.8 Å². The maximum atomic E-state index is 8.93. The summed E-state index contributed by atoms with van der Waals surface area (Å²) in [5.41, 5.74) is 1.72. The van der Waals surface area contributed by atoms with E-state index in [0.717, 1.165) is 31.5 Å². The van der Waals surface area contributed by atoms with Crippen LogP contribution in [-0.4, -0.2) is 26.4 Å². The third-order valence-electron chi connectivity index (χ3n) is 3.86. The third kappa shape index (κ3) is 3.06. The van der Waals surface area contributed by atoms with Crippen LogP contribution in [0, 0.1) is 11.3 Å². The summed E-state index contributed by atoms with van der Waals surface area (Å²) in [6, 6.07) is 7.77. The Morgan fingerprint density at radius 1 is 1.37 bits per heavy atom. The van der Waals surface area contributed by atoms with Gasteiger partial charge in [-0.2, -0.15) is 5.26 Å². The molecule has 0 unspecified atom stereocenters. The summed E-state index contributed by atoms with van der Waals surface area (Å²) >= 11 is 0. The van der Waals surface area contributed by atoms with Gasteiger partial charge in [0, 0.05) is 20.2 Å². The predicted molar refractivity (Wildman–Crippen MR) is 73.0 cm³/mol. The van der Waals surface area contributed by atoms with Gasteiger partial charge in [-0.15, -0.1) is 0 Å². The van der Waals surface area contributed by atoms with Crippen LogP contribution < -0.4 is 10.1 Å². The minimum Gasteiger partial charge on any atom is -0.495 e. The number of ether oxygens (including phenoxy) is 2. The Kier molecular flexibility index (Phi) is 4.41. The van der Waals surface area contributed by atoms with Crippen molar-refractivity contribution in [1.29, 1.82) is 5.26 Å². The number of nitriles is 1. The average molecular weight is 260 g/mol. The lowest BCUT2D eigenvalue weighted by Crippen LogP contribution is -2.47. The maximum absolute atomic E-state index is 8.93. The van der Waals surface area contributed by atoms with Crippen LogP contribution in [0.25, 0.3) is 0 Å². The smallest absolute Gasteiger partial charge is 0.136 e. The van der Waals surface area contributed by atoms with Crippen molar-refractivity contribution in [3.05, 3.63) is 29.3 Å². The number of methoxy groups -OCH3 is 2. The van der Waals surface area contributed by atoms with Crippen molar-refractivity contribution in [3.8, 4) is 11.8 Å². The zero-order valence-electron chi connectivity index (χ0n) is 11.5. The first-order valence-corrected chi connectivity index (χ1v) is 6.56. The van der Waals surface area contributed by atoms with Gasteiger partial charge in [0.2, 0.25) is 0 Å². The summed E-state index contributed by atoms with van der Waals surface area (Å²) in [5, 5.41) is 12.4. The number of benzene rings is 1. The van der Waals surface area contributed by atoms with Crippen LogP contribution in [0.3, 0.4) is 0 Å². The van der Waals surface area contributed by atoms with Gasteiger partial charge in [0.25, 0.3) is 0 Å². The molecule has 0 heterocycles. The fourth-order valence-electron chi connectivity index (χ4n) is 2.40. The Balaban J connectivity index is 1.91. The van der Waals surface area contributed by atoms with Crippen molar-refractivity contribution in [2.45, 2.75) is 31.4 Å². The Morgan fingerprint density at radius 3 is 2.68 bits per heavy atom. The van der Waals surface area contributed by atoms with E-state index in [4.69, 9.17) is 14.7 Å². The van der Waals surface area contributed by atoms with Crippen molar-refractivity contribution in [2.75, 3.05) is 20.8 Å². The normalized spacial score (nSPS) is 16.5. The second-order valence-electron chi connectivity index (χ2n) is 4.99. The molecule has 0 aliphatic heterocycles. The van der Waals surface area contributed by atoms with E-state index >= 15 is 0 Å². The minimum absolute atomic E-state index is 0.0384. The van der Waals surface area contributed by atoms with Crippen LogP contribution in [-0.2, 0) is 11.3 Å². The van der Waals surface area contributed by atoms with Crippen LogP contribution in [0.4, 0.5) is 0 Å². The highest BCUT2D eigenvalue weighted by atomic mass is 16.5. The molecule has 1 aliphatic rings. The summed E-state index contributed by atoms with van der Waals surface area (Å²) in [4.78, 5) is 0. The maximum Gasteiger partial charge on any atom is 0.136 e. The molecule has 1 aromatic carbocycles. The minimum atomic E-state index is 0.0384. The summed E-state index contributed by atoms with van der Waals surface area (Å²) in [6.07, 6.45) is 3.51. The van der Waals surface area contributed by atoms with E-state index in [1.165, 1.54) is 6.42 Å². The largest absolute Gasteiger partial charge is 0.495 e. The fraction of sp³-hybridized carbons (Fsp3) is 0.533. The van der Waals surface area contributed by atoms with E-state index in [2.05, 4.69) is 11.4 Å². The molecule has 0 radical (unpaired) electrons. The summed E-state index contributed by atoms with van der Waals surface area (Å²) in [6.45, 7) is 1.62. The van der Waals surface area contributed by atoms with E-state index in [1.807, 2.05) is 12.1 Å². The highest BCUT2D eigenvalue weighted by Crippen LogP contribution is 2.34. The SMILES string of the molecule is COc1cc(CNCC2(OC)CCC2)ccc1C#N. The monoisotopic (exact) mass is 260 g/mol. The van der Waals surface area contributed by atoms with E-state index in [-0.39, 0.29) is 5.60 Å². The zero-order chi connectivity index (χ0) is 13.7. The number of nitrogens with one attached hydrogen (secondary N) is 1. The van der Waals surface area contributed by atoms with Gasteiger partial charge >= 0.3 is 0 Å². The van der Waals surface area contributed by atoms with Gasteiger partial charge in [-0.05, 0) is 37.0 Å². The molecule has 0 amide bonds. The number of nitrogens with zero attached hydrogens (tertiary/aromatic N) is 1. The molecule has 4 heteroatoms. The standard InChI is InChI=1S/C15H20N2O2/c1-18-14-8-12(4-5-13(14)9-16)10-17-11-15(19-2)6-3-7-15/h4-5,8,17H,3,6-7,10-11H2,1-2H3. The highest BCUT2D eigenvalue weighted by Gasteiger charge is 2.36. The van der Waals surface area contributed by atoms with Crippen LogP contribution in [0.1, 0.15) is 30.4 Å². The third-order valence-corrected chi connectivity index (χ3v) is 3.86. The van der Waals surface area contributed by atoms with Crippen LogP contribution in [0.5, 0.6) is 5.75 Å². The molecule has 2 rings (SSSR count). The first-order valence-electron chi connectivity index (χ1n) is 6.56. The van der Waals surface area contributed by atoms with Crippen LogP contribution >= 0.6 is 0 Å². The van der Waals surface area contributed by atoms with Crippen molar-refractivity contribution in [1.82, 2.24) is 5.32 Å². The molecule has 0 spiro atoms. The second kappa shape index (κ2) is 6.05. The molecule has 102 valence electrons. The molecule has 19 heavy (non-hydrogen) atoms. The molecule has 1 saturated carbocycles. The second-order valence-corrected chi connectivity index (χ2v) is 4.99. The van der Waals surface area contributed by atoms with Gasteiger partial charge in [-0.1, -0.05) is 6.07 Å². The van der Waals surface area contributed by atoms with E-state index in [1.54, 1.807) is 20.3 Å². The zero-order valence-corrected chi connectivity index (χ0v) is 11.5. The summed E-state index contributed by atoms with van der Waals surface area (Å²) < 4.78 is 10.8. The summed E-state index contributed by atoms with van der Waals surface area (Å²) in [7, 11) is 3.37. The Bertz CT molecular complexity index is 470.